The molecule has 2 fully saturated rings. The van der Waals surface area contributed by atoms with Crippen molar-refractivity contribution >= 4 is 33.3 Å². The van der Waals surface area contributed by atoms with Crippen molar-refractivity contribution in [2.45, 2.75) is 72.3 Å². The van der Waals surface area contributed by atoms with Crippen LogP contribution in [0.1, 0.15) is 73.4 Å². The van der Waals surface area contributed by atoms with Gasteiger partial charge in [0.2, 0.25) is 0 Å². The summed E-state index contributed by atoms with van der Waals surface area (Å²) in [5.74, 6) is 2.81. The Bertz CT molecular complexity index is 869. The monoisotopic (exact) mass is 400 g/mol. The zero-order valence-electron chi connectivity index (χ0n) is 17.6. The van der Waals surface area contributed by atoms with Gasteiger partial charge in [0.15, 0.2) is 0 Å². The van der Waals surface area contributed by atoms with E-state index in [0.29, 0.717) is 6.04 Å². The number of anilines is 1. The Hall–Kier alpha value is -1.69. The molecule has 0 aromatic carbocycles. The number of hydrogen-bond acceptors (Lipinski definition) is 5. The SMILES string of the molecule is CCC1CCCCN1C(=O)c1sc2nc(C)nc(N3CCC(C)CC3)c2c1C. The number of fused-ring (bicyclic) bond motifs is 1. The minimum absolute atomic E-state index is 0.197. The number of thiophene rings is 1. The van der Waals surface area contributed by atoms with Crippen molar-refractivity contribution in [2.24, 2.45) is 5.92 Å². The zero-order valence-corrected chi connectivity index (χ0v) is 18.4. The van der Waals surface area contributed by atoms with Gasteiger partial charge in [-0.15, -0.1) is 11.3 Å². The second-order valence-electron chi connectivity index (χ2n) is 8.56. The van der Waals surface area contributed by atoms with E-state index in [1.54, 1.807) is 11.3 Å². The van der Waals surface area contributed by atoms with Crippen LogP contribution in [0, 0.1) is 19.8 Å². The molecule has 6 heteroatoms. The molecule has 0 aliphatic carbocycles. The summed E-state index contributed by atoms with van der Waals surface area (Å²) in [7, 11) is 0. The van der Waals surface area contributed by atoms with Gasteiger partial charge < -0.3 is 9.80 Å². The molecule has 0 N–H and O–H groups in total. The first kappa shape index (κ1) is 19.6. The van der Waals surface area contributed by atoms with E-state index in [0.717, 1.165) is 77.1 Å². The van der Waals surface area contributed by atoms with E-state index in [1.807, 2.05) is 6.92 Å². The van der Waals surface area contributed by atoms with Gasteiger partial charge in [-0.25, -0.2) is 9.97 Å². The fourth-order valence-electron chi connectivity index (χ4n) is 4.70. The van der Waals surface area contributed by atoms with Crippen molar-refractivity contribution in [3.8, 4) is 0 Å². The van der Waals surface area contributed by atoms with E-state index in [9.17, 15) is 4.79 Å². The van der Waals surface area contributed by atoms with Gasteiger partial charge in [-0.05, 0) is 63.9 Å². The van der Waals surface area contributed by atoms with Gasteiger partial charge in [-0.3, -0.25) is 4.79 Å². The molecule has 2 aliphatic rings. The van der Waals surface area contributed by atoms with Gasteiger partial charge in [0.25, 0.3) is 5.91 Å². The molecule has 2 aliphatic heterocycles. The lowest BCUT2D eigenvalue weighted by atomic mass is 9.98. The van der Waals surface area contributed by atoms with Crippen molar-refractivity contribution in [2.75, 3.05) is 24.5 Å². The van der Waals surface area contributed by atoms with Crippen LogP contribution < -0.4 is 4.90 Å². The van der Waals surface area contributed by atoms with Crippen LogP contribution in [0.2, 0.25) is 0 Å². The van der Waals surface area contributed by atoms with Crippen molar-refractivity contribution in [3.05, 3.63) is 16.3 Å². The molecule has 4 rings (SSSR count). The first-order valence-electron chi connectivity index (χ1n) is 10.8. The number of rotatable bonds is 3. The molecule has 1 atom stereocenters. The van der Waals surface area contributed by atoms with Gasteiger partial charge in [-0.1, -0.05) is 13.8 Å². The van der Waals surface area contributed by atoms with Crippen LogP contribution in [0.5, 0.6) is 0 Å². The predicted octanol–water partition coefficient (Wildman–Crippen LogP) is 4.95. The van der Waals surface area contributed by atoms with Gasteiger partial charge in [0.05, 0.1) is 10.3 Å². The molecule has 0 radical (unpaired) electrons. The van der Waals surface area contributed by atoms with E-state index >= 15 is 0 Å². The van der Waals surface area contributed by atoms with Crippen LogP contribution in [-0.4, -0.2) is 46.5 Å². The minimum Gasteiger partial charge on any atom is -0.356 e. The number of carbonyl (C=O) groups excluding carboxylic acids is 1. The molecule has 5 nitrogen and oxygen atoms in total. The van der Waals surface area contributed by atoms with Crippen molar-refractivity contribution < 1.29 is 4.79 Å². The van der Waals surface area contributed by atoms with E-state index in [-0.39, 0.29) is 5.91 Å². The quantitative estimate of drug-likeness (QED) is 0.731. The third-order valence-corrected chi connectivity index (χ3v) is 7.69. The molecular formula is C22H32N4OS. The summed E-state index contributed by atoms with van der Waals surface area (Å²) in [5.41, 5.74) is 1.07. The molecule has 2 aromatic heterocycles. The second-order valence-corrected chi connectivity index (χ2v) is 9.56. The Morgan fingerprint density at radius 2 is 1.86 bits per heavy atom. The molecule has 4 heterocycles. The lowest BCUT2D eigenvalue weighted by Gasteiger charge is -2.35. The summed E-state index contributed by atoms with van der Waals surface area (Å²) < 4.78 is 0. The second kappa shape index (κ2) is 7.97. The molecule has 1 amide bonds. The lowest BCUT2D eigenvalue weighted by Crippen LogP contribution is -2.43. The van der Waals surface area contributed by atoms with Gasteiger partial charge in [0, 0.05) is 25.7 Å². The number of aryl methyl sites for hydroxylation is 2. The molecule has 0 saturated carbocycles. The molecule has 2 aromatic rings. The maximum atomic E-state index is 13.4. The first-order valence-corrected chi connectivity index (χ1v) is 11.6. The number of aromatic nitrogens is 2. The Kier molecular flexibility index (Phi) is 5.59. The van der Waals surface area contributed by atoms with E-state index in [2.05, 4.69) is 30.6 Å². The average Bonchev–Trinajstić information content (AvgIpc) is 3.03. The van der Waals surface area contributed by atoms with E-state index in [1.165, 1.54) is 19.3 Å². The average molecular weight is 401 g/mol. The summed E-state index contributed by atoms with van der Waals surface area (Å²) >= 11 is 1.56. The Labute approximate surface area is 172 Å². The first-order chi connectivity index (χ1) is 13.5. The Balaban J connectivity index is 1.74. The predicted molar refractivity (Wildman–Crippen MR) is 116 cm³/mol. The standard InChI is InChI=1S/C22H32N4OS/c1-5-17-8-6-7-11-26(17)22(27)19-15(3)18-20(23-16(4)24-21(18)28-19)25-12-9-14(2)10-13-25/h14,17H,5-13H2,1-4H3. The molecular weight excluding hydrogens is 368 g/mol. The van der Waals surface area contributed by atoms with Crippen molar-refractivity contribution in [3.63, 3.8) is 0 Å². The van der Waals surface area contributed by atoms with Crippen LogP contribution in [0.15, 0.2) is 0 Å². The highest BCUT2D eigenvalue weighted by molar-refractivity contribution is 7.20. The summed E-state index contributed by atoms with van der Waals surface area (Å²) in [4.78, 5) is 29.3. The van der Waals surface area contributed by atoms with Crippen LogP contribution in [0.3, 0.4) is 0 Å². The maximum absolute atomic E-state index is 13.4. The van der Waals surface area contributed by atoms with Crippen molar-refractivity contribution in [1.29, 1.82) is 0 Å². The number of carbonyl (C=O) groups is 1. The molecule has 0 spiro atoms. The highest BCUT2D eigenvalue weighted by Crippen LogP contribution is 2.38. The normalized spacial score (nSPS) is 21.5. The number of nitrogens with zero attached hydrogens (tertiary/aromatic N) is 4. The highest BCUT2D eigenvalue weighted by Gasteiger charge is 2.30. The zero-order chi connectivity index (χ0) is 19.8. The summed E-state index contributed by atoms with van der Waals surface area (Å²) in [6.07, 6.45) is 6.91. The molecule has 152 valence electrons. The minimum atomic E-state index is 0.197. The number of piperidine rings is 2. The van der Waals surface area contributed by atoms with Crippen LogP contribution in [0.25, 0.3) is 10.2 Å². The van der Waals surface area contributed by atoms with E-state index in [4.69, 9.17) is 9.97 Å². The smallest absolute Gasteiger partial charge is 0.264 e. The third-order valence-electron chi connectivity index (χ3n) is 6.52. The Morgan fingerprint density at radius 1 is 1.11 bits per heavy atom. The molecule has 2 saturated heterocycles. The highest BCUT2D eigenvalue weighted by atomic mass is 32.1. The van der Waals surface area contributed by atoms with Crippen LogP contribution in [-0.2, 0) is 0 Å². The largest absolute Gasteiger partial charge is 0.356 e. The summed E-state index contributed by atoms with van der Waals surface area (Å²) in [6.45, 7) is 11.5. The number of hydrogen-bond donors (Lipinski definition) is 0. The lowest BCUT2D eigenvalue weighted by molar-refractivity contribution is 0.0612. The van der Waals surface area contributed by atoms with Gasteiger partial charge in [0.1, 0.15) is 16.5 Å². The van der Waals surface area contributed by atoms with Gasteiger partial charge >= 0.3 is 0 Å². The van der Waals surface area contributed by atoms with Crippen LogP contribution >= 0.6 is 11.3 Å². The summed E-state index contributed by atoms with van der Waals surface area (Å²) in [5, 5.41) is 1.10. The summed E-state index contributed by atoms with van der Waals surface area (Å²) in [6, 6.07) is 0.377. The fraction of sp³-hybridized carbons (Fsp3) is 0.682. The van der Waals surface area contributed by atoms with E-state index < -0.39 is 0 Å². The van der Waals surface area contributed by atoms with Crippen LogP contribution in [0.4, 0.5) is 5.82 Å². The number of likely N-dealkylation sites (tertiary alicyclic amines) is 1. The molecule has 28 heavy (non-hydrogen) atoms. The maximum Gasteiger partial charge on any atom is 0.264 e. The third kappa shape index (κ3) is 3.51. The molecule has 0 bridgehead atoms. The Morgan fingerprint density at radius 3 is 2.57 bits per heavy atom. The molecule has 1 unspecified atom stereocenters. The topological polar surface area (TPSA) is 49.3 Å². The fourth-order valence-corrected chi connectivity index (χ4v) is 5.87. The van der Waals surface area contributed by atoms with Crippen molar-refractivity contribution in [1.82, 2.24) is 14.9 Å². The number of amides is 1. The van der Waals surface area contributed by atoms with Gasteiger partial charge in [-0.2, -0.15) is 0 Å².